The van der Waals surface area contributed by atoms with Crippen LogP contribution < -0.4 is 10.6 Å². The monoisotopic (exact) mass is 523 g/mol. The maximum absolute atomic E-state index is 13.8. The van der Waals surface area contributed by atoms with E-state index in [1.807, 2.05) is 37.3 Å². The molecule has 0 spiro atoms. The molecule has 1 aliphatic carbocycles. The Balaban J connectivity index is 1.56. The molecule has 0 bridgehead atoms. The molecule has 2 atom stereocenters. The molecule has 0 radical (unpaired) electrons. The number of nitrogens with one attached hydrogen (secondary N) is 2. The summed E-state index contributed by atoms with van der Waals surface area (Å²) in [5.41, 5.74) is 0.207. The quantitative estimate of drug-likeness (QED) is 0.532. The van der Waals surface area contributed by atoms with E-state index >= 15 is 0 Å². The lowest BCUT2D eigenvalue weighted by Gasteiger charge is -2.37. The fourth-order valence-electron chi connectivity index (χ4n) is 4.94. The average molecular weight is 524 g/mol. The van der Waals surface area contributed by atoms with Crippen LogP contribution in [0.5, 0.6) is 0 Å². The average Bonchev–Trinajstić information content (AvgIpc) is 3.20. The van der Waals surface area contributed by atoms with Crippen LogP contribution >= 0.6 is 0 Å². The number of alkyl halides is 2. The number of hydrogen-bond acceptors (Lipinski definition) is 5. The summed E-state index contributed by atoms with van der Waals surface area (Å²) < 4.78 is 38.5. The first-order valence-corrected chi connectivity index (χ1v) is 13.0. The molecule has 2 N–H and O–H groups in total. The van der Waals surface area contributed by atoms with Gasteiger partial charge in [0, 0.05) is 19.5 Å². The molecule has 1 aliphatic heterocycles. The Hall–Kier alpha value is -2.91. The Morgan fingerprint density at radius 1 is 1.08 bits per heavy atom. The lowest BCUT2D eigenvalue weighted by Crippen LogP contribution is -2.54. The van der Waals surface area contributed by atoms with Gasteiger partial charge in [0.05, 0.1) is 6.54 Å². The molecule has 2 unspecified atom stereocenters. The first-order chi connectivity index (χ1) is 17.3. The molecular weight excluding hydrogens is 484 g/mol. The van der Waals surface area contributed by atoms with Crippen molar-refractivity contribution in [1.29, 1.82) is 0 Å². The van der Waals surface area contributed by atoms with Crippen LogP contribution in [0.2, 0.25) is 0 Å². The van der Waals surface area contributed by atoms with Crippen LogP contribution in [0, 0.1) is 11.8 Å². The number of benzene rings is 1. The van der Waals surface area contributed by atoms with E-state index in [0.29, 0.717) is 32.2 Å². The van der Waals surface area contributed by atoms with Crippen molar-refractivity contribution >= 4 is 18.1 Å². The van der Waals surface area contributed by atoms with Gasteiger partial charge in [0.25, 0.3) is 5.92 Å². The Bertz CT molecular complexity index is 930. The number of nitrogens with zero attached hydrogens (tertiary/aromatic N) is 1. The third-order valence-electron chi connectivity index (χ3n) is 6.96. The standard InChI is InChI=1S/C27H39F2N3O5/c1-18(20-10-12-21(13-11-20)36-24(34)30-16-19-8-6-5-7-9-19)22(31-25(35)37-26(2,3)4)23(33)32-15-14-27(28,29)17-32/h5-9,18,20-22H,10-17H2,1-4H3,(H,30,34)(H,31,35). The fourth-order valence-corrected chi connectivity index (χ4v) is 4.94. The van der Waals surface area contributed by atoms with E-state index in [2.05, 4.69) is 10.6 Å². The summed E-state index contributed by atoms with van der Waals surface area (Å²) in [6.07, 6.45) is 0.712. The molecule has 37 heavy (non-hydrogen) atoms. The van der Waals surface area contributed by atoms with Crippen LogP contribution in [0.3, 0.4) is 0 Å². The van der Waals surface area contributed by atoms with Gasteiger partial charge in [0.2, 0.25) is 5.91 Å². The van der Waals surface area contributed by atoms with Crippen molar-refractivity contribution in [3.63, 3.8) is 0 Å². The van der Waals surface area contributed by atoms with Crippen molar-refractivity contribution in [2.45, 2.75) is 90.0 Å². The second kappa shape index (κ2) is 12.1. The number of likely N-dealkylation sites (tertiary alicyclic amines) is 1. The van der Waals surface area contributed by atoms with Gasteiger partial charge in [0.15, 0.2) is 0 Å². The van der Waals surface area contributed by atoms with Crippen LogP contribution in [-0.2, 0) is 20.8 Å². The molecule has 8 nitrogen and oxygen atoms in total. The lowest BCUT2D eigenvalue weighted by molar-refractivity contribution is -0.136. The Kier molecular flexibility index (Phi) is 9.36. The zero-order chi connectivity index (χ0) is 27.2. The van der Waals surface area contributed by atoms with Gasteiger partial charge in [-0.05, 0) is 63.9 Å². The first-order valence-electron chi connectivity index (χ1n) is 13.0. The van der Waals surface area contributed by atoms with Crippen LogP contribution in [0.4, 0.5) is 18.4 Å². The number of ether oxygens (including phenoxy) is 2. The van der Waals surface area contributed by atoms with E-state index in [1.54, 1.807) is 20.8 Å². The smallest absolute Gasteiger partial charge is 0.408 e. The van der Waals surface area contributed by atoms with Crippen LogP contribution in [0.1, 0.15) is 65.4 Å². The maximum atomic E-state index is 13.8. The zero-order valence-corrected chi connectivity index (χ0v) is 22.1. The number of carbonyl (C=O) groups excluding carboxylic acids is 3. The minimum absolute atomic E-state index is 0.0410. The predicted octanol–water partition coefficient (Wildman–Crippen LogP) is 4.87. The van der Waals surface area contributed by atoms with Gasteiger partial charge in [0.1, 0.15) is 17.7 Å². The minimum Gasteiger partial charge on any atom is -0.446 e. The maximum Gasteiger partial charge on any atom is 0.408 e. The summed E-state index contributed by atoms with van der Waals surface area (Å²) in [4.78, 5) is 39.1. The van der Waals surface area contributed by atoms with E-state index in [1.165, 1.54) is 0 Å². The molecule has 1 heterocycles. The van der Waals surface area contributed by atoms with Crippen molar-refractivity contribution < 1.29 is 32.6 Å². The van der Waals surface area contributed by atoms with Gasteiger partial charge in [-0.3, -0.25) is 4.79 Å². The highest BCUT2D eigenvalue weighted by atomic mass is 19.3. The minimum atomic E-state index is -2.92. The molecule has 10 heteroatoms. The van der Waals surface area contributed by atoms with Crippen LogP contribution in [0.15, 0.2) is 30.3 Å². The van der Waals surface area contributed by atoms with Crippen LogP contribution in [-0.4, -0.2) is 59.8 Å². The summed E-state index contributed by atoms with van der Waals surface area (Å²) in [7, 11) is 0. The fraction of sp³-hybridized carbons (Fsp3) is 0.667. The van der Waals surface area contributed by atoms with Gasteiger partial charge in [-0.1, -0.05) is 37.3 Å². The van der Waals surface area contributed by atoms with Crippen molar-refractivity contribution in [2.75, 3.05) is 13.1 Å². The number of hydrogen-bond donors (Lipinski definition) is 2. The van der Waals surface area contributed by atoms with Crippen molar-refractivity contribution in [3.8, 4) is 0 Å². The summed E-state index contributed by atoms with van der Waals surface area (Å²) in [6, 6.07) is 8.55. The molecule has 206 valence electrons. The highest BCUT2D eigenvalue weighted by Gasteiger charge is 2.44. The summed E-state index contributed by atoms with van der Waals surface area (Å²) in [5, 5.41) is 5.42. The molecule has 2 aliphatic rings. The molecular formula is C27H39F2N3O5. The van der Waals surface area contributed by atoms with Crippen molar-refractivity contribution in [3.05, 3.63) is 35.9 Å². The Morgan fingerprint density at radius 3 is 2.30 bits per heavy atom. The van der Waals surface area contributed by atoms with Crippen molar-refractivity contribution in [1.82, 2.24) is 15.5 Å². The third-order valence-corrected chi connectivity index (χ3v) is 6.96. The summed E-state index contributed by atoms with van der Waals surface area (Å²) in [6.45, 7) is 6.67. The number of carbonyl (C=O) groups is 3. The zero-order valence-electron chi connectivity index (χ0n) is 22.1. The predicted molar refractivity (Wildman–Crippen MR) is 134 cm³/mol. The number of halogens is 2. The SMILES string of the molecule is CC(C1CCC(OC(=O)NCc2ccccc2)CC1)C(NC(=O)OC(C)(C)C)C(=O)N1CCC(F)(F)C1. The highest BCUT2D eigenvalue weighted by molar-refractivity contribution is 5.86. The highest BCUT2D eigenvalue weighted by Crippen LogP contribution is 2.35. The van der Waals surface area contributed by atoms with E-state index in [-0.39, 0.29) is 30.9 Å². The normalized spacial score (nSPS) is 23.0. The lowest BCUT2D eigenvalue weighted by atomic mass is 9.76. The number of alkyl carbamates (subject to hydrolysis) is 2. The third kappa shape index (κ3) is 8.86. The van der Waals surface area contributed by atoms with E-state index in [0.717, 1.165) is 10.5 Å². The van der Waals surface area contributed by atoms with Gasteiger partial charge in [-0.15, -0.1) is 0 Å². The molecule has 1 aromatic rings. The molecule has 2 fully saturated rings. The molecule has 0 aromatic heterocycles. The Labute approximate surface area is 217 Å². The molecule has 1 saturated carbocycles. The molecule has 3 rings (SSSR count). The van der Waals surface area contributed by atoms with Gasteiger partial charge >= 0.3 is 12.2 Å². The van der Waals surface area contributed by atoms with E-state index in [9.17, 15) is 23.2 Å². The molecule has 1 saturated heterocycles. The summed E-state index contributed by atoms with van der Waals surface area (Å²) in [5.74, 6) is -3.72. The topological polar surface area (TPSA) is 97.0 Å². The first kappa shape index (κ1) is 28.7. The van der Waals surface area contributed by atoms with E-state index < -0.39 is 42.2 Å². The van der Waals surface area contributed by atoms with Crippen LogP contribution in [0.25, 0.3) is 0 Å². The Morgan fingerprint density at radius 2 is 1.73 bits per heavy atom. The number of amides is 3. The largest absolute Gasteiger partial charge is 0.446 e. The summed E-state index contributed by atoms with van der Waals surface area (Å²) >= 11 is 0. The van der Waals surface area contributed by atoms with E-state index in [4.69, 9.17) is 9.47 Å². The molecule has 3 amide bonds. The second-order valence-electron chi connectivity index (χ2n) is 11.1. The second-order valence-corrected chi connectivity index (χ2v) is 11.1. The van der Waals surface area contributed by atoms with Gasteiger partial charge in [-0.25, -0.2) is 18.4 Å². The van der Waals surface area contributed by atoms with Crippen molar-refractivity contribution in [2.24, 2.45) is 11.8 Å². The van der Waals surface area contributed by atoms with Gasteiger partial charge < -0.3 is 25.0 Å². The molecule has 1 aromatic carbocycles. The van der Waals surface area contributed by atoms with Gasteiger partial charge in [-0.2, -0.15) is 0 Å². The number of rotatable bonds is 7.